The summed E-state index contributed by atoms with van der Waals surface area (Å²) in [5.74, 6) is 0.635. The van der Waals surface area contributed by atoms with Gasteiger partial charge in [-0.05, 0) is 16.7 Å². The fourth-order valence-electron chi connectivity index (χ4n) is 3.83. The molecule has 5 heteroatoms. The van der Waals surface area contributed by atoms with Crippen molar-refractivity contribution in [2.45, 2.75) is 12.6 Å². The van der Waals surface area contributed by atoms with Crippen molar-refractivity contribution in [3.63, 3.8) is 0 Å². The van der Waals surface area contributed by atoms with E-state index in [0.29, 0.717) is 17.8 Å². The number of hydrogen-bond acceptors (Lipinski definition) is 4. The van der Waals surface area contributed by atoms with Crippen LogP contribution in [0.1, 0.15) is 23.0 Å². The normalized spacial score (nSPS) is 11.3. The van der Waals surface area contributed by atoms with Crippen LogP contribution < -0.4 is 10.9 Å². The Kier molecular flexibility index (Phi) is 5.44. The van der Waals surface area contributed by atoms with Crippen LogP contribution in [0.25, 0.3) is 21.3 Å². The van der Waals surface area contributed by atoms with Gasteiger partial charge in [-0.2, -0.15) is 0 Å². The smallest absolute Gasteiger partial charge is 0.260 e. The van der Waals surface area contributed by atoms with Gasteiger partial charge in [0.2, 0.25) is 0 Å². The van der Waals surface area contributed by atoms with Crippen molar-refractivity contribution in [1.82, 2.24) is 15.3 Å². The molecule has 0 spiro atoms. The lowest BCUT2D eigenvalue weighted by Gasteiger charge is -2.19. The minimum atomic E-state index is -0.0992. The second-order valence-electron chi connectivity index (χ2n) is 7.34. The molecule has 0 radical (unpaired) electrons. The van der Waals surface area contributed by atoms with E-state index in [1.54, 1.807) is 0 Å². The highest BCUT2D eigenvalue weighted by molar-refractivity contribution is 7.17. The molecule has 152 valence electrons. The lowest BCUT2D eigenvalue weighted by Crippen LogP contribution is -2.24. The molecule has 0 unspecified atom stereocenters. The van der Waals surface area contributed by atoms with E-state index < -0.39 is 0 Å². The number of rotatable bonds is 6. The Hall–Kier alpha value is -3.54. The van der Waals surface area contributed by atoms with E-state index in [-0.39, 0.29) is 11.6 Å². The van der Waals surface area contributed by atoms with Crippen LogP contribution in [0.2, 0.25) is 0 Å². The number of aromatic amines is 1. The third-order valence-corrected chi connectivity index (χ3v) is 6.19. The molecule has 0 amide bonds. The Morgan fingerprint density at radius 1 is 0.839 bits per heavy atom. The SMILES string of the molecule is O=c1[nH]c(CNC(c2ccccc2)c2ccccc2)nc2scc(-c3ccccc3)c12. The number of H-pyrrole nitrogens is 1. The zero-order valence-corrected chi connectivity index (χ0v) is 17.6. The molecular formula is C26H21N3OS. The lowest BCUT2D eigenvalue weighted by atomic mass is 9.99. The number of thiophene rings is 1. The Balaban J connectivity index is 1.45. The molecule has 0 aliphatic carbocycles. The van der Waals surface area contributed by atoms with Gasteiger partial charge in [0.25, 0.3) is 5.56 Å². The standard InChI is InChI=1S/C26H21N3OS/c30-25-23-21(18-10-4-1-5-11-18)17-31-26(23)29-22(28-25)16-27-24(19-12-6-2-7-13-19)20-14-8-3-9-15-20/h1-15,17,24,27H,16H2,(H,28,29,30). The maximum atomic E-state index is 12.9. The average molecular weight is 424 g/mol. The molecule has 4 nitrogen and oxygen atoms in total. The Bertz CT molecular complexity index is 1310. The molecule has 0 aliphatic rings. The van der Waals surface area contributed by atoms with Crippen molar-refractivity contribution < 1.29 is 0 Å². The van der Waals surface area contributed by atoms with Crippen LogP contribution in [0.5, 0.6) is 0 Å². The highest BCUT2D eigenvalue weighted by Gasteiger charge is 2.16. The van der Waals surface area contributed by atoms with Crippen molar-refractivity contribution in [2.75, 3.05) is 0 Å². The van der Waals surface area contributed by atoms with Crippen LogP contribution in [0, 0.1) is 0 Å². The Labute approximate surface area is 184 Å². The Morgan fingerprint density at radius 2 is 1.42 bits per heavy atom. The largest absolute Gasteiger partial charge is 0.309 e. The average Bonchev–Trinajstić information content (AvgIpc) is 3.26. The maximum absolute atomic E-state index is 12.9. The summed E-state index contributed by atoms with van der Waals surface area (Å²) in [4.78, 5) is 21.4. The lowest BCUT2D eigenvalue weighted by molar-refractivity contribution is 0.587. The van der Waals surface area contributed by atoms with Crippen molar-refractivity contribution in [3.8, 4) is 11.1 Å². The molecule has 0 bridgehead atoms. The van der Waals surface area contributed by atoms with Crippen LogP contribution in [0.15, 0.2) is 101 Å². The molecule has 2 aromatic heterocycles. The second kappa shape index (κ2) is 8.68. The van der Waals surface area contributed by atoms with Crippen LogP contribution in [0.3, 0.4) is 0 Å². The van der Waals surface area contributed by atoms with Crippen LogP contribution in [-0.2, 0) is 6.54 Å². The molecule has 0 atom stereocenters. The highest BCUT2D eigenvalue weighted by Crippen LogP contribution is 2.30. The molecule has 31 heavy (non-hydrogen) atoms. The summed E-state index contributed by atoms with van der Waals surface area (Å²) >= 11 is 1.51. The maximum Gasteiger partial charge on any atom is 0.260 e. The number of benzene rings is 3. The minimum absolute atomic E-state index is 0.00612. The summed E-state index contributed by atoms with van der Waals surface area (Å²) in [6.07, 6.45) is 0. The van der Waals surface area contributed by atoms with Gasteiger partial charge in [0.15, 0.2) is 0 Å². The fourth-order valence-corrected chi connectivity index (χ4v) is 4.79. The predicted octanol–water partition coefficient (Wildman–Crippen LogP) is 5.53. The van der Waals surface area contributed by atoms with Crippen LogP contribution >= 0.6 is 11.3 Å². The van der Waals surface area contributed by atoms with Gasteiger partial charge in [0.1, 0.15) is 10.7 Å². The zero-order chi connectivity index (χ0) is 21.0. The van der Waals surface area contributed by atoms with Gasteiger partial charge in [0.05, 0.1) is 18.0 Å². The molecule has 2 heterocycles. The van der Waals surface area contributed by atoms with Gasteiger partial charge in [0, 0.05) is 10.9 Å². The number of nitrogens with zero attached hydrogens (tertiary/aromatic N) is 1. The number of hydrogen-bond donors (Lipinski definition) is 2. The fraction of sp³-hybridized carbons (Fsp3) is 0.0769. The summed E-state index contributed by atoms with van der Waals surface area (Å²) in [5.41, 5.74) is 4.19. The first kappa shape index (κ1) is 19.4. The quantitative estimate of drug-likeness (QED) is 0.377. The Morgan fingerprint density at radius 3 is 2.03 bits per heavy atom. The number of aromatic nitrogens is 2. The van der Waals surface area contributed by atoms with Crippen LogP contribution in [0.4, 0.5) is 0 Å². The van der Waals surface area contributed by atoms with Gasteiger partial charge in [-0.3, -0.25) is 10.1 Å². The topological polar surface area (TPSA) is 57.8 Å². The first-order valence-corrected chi connectivity index (χ1v) is 11.1. The molecule has 0 aliphatic heterocycles. The number of nitrogens with one attached hydrogen (secondary N) is 2. The minimum Gasteiger partial charge on any atom is -0.309 e. The molecule has 2 N–H and O–H groups in total. The second-order valence-corrected chi connectivity index (χ2v) is 8.20. The van der Waals surface area contributed by atoms with E-state index in [1.165, 1.54) is 22.5 Å². The van der Waals surface area contributed by atoms with Crippen LogP contribution in [-0.4, -0.2) is 9.97 Å². The van der Waals surface area contributed by atoms with E-state index in [4.69, 9.17) is 4.98 Å². The summed E-state index contributed by atoms with van der Waals surface area (Å²) in [6.45, 7) is 0.457. The highest BCUT2D eigenvalue weighted by atomic mass is 32.1. The van der Waals surface area contributed by atoms with Gasteiger partial charge in [-0.15, -0.1) is 11.3 Å². The summed E-state index contributed by atoms with van der Waals surface area (Å²) in [7, 11) is 0. The molecule has 0 saturated carbocycles. The van der Waals surface area contributed by atoms with E-state index in [0.717, 1.165) is 16.0 Å². The van der Waals surface area contributed by atoms with Crippen molar-refractivity contribution in [1.29, 1.82) is 0 Å². The monoisotopic (exact) mass is 423 g/mol. The molecule has 3 aromatic carbocycles. The van der Waals surface area contributed by atoms with Gasteiger partial charge < -0.3 is 4.98 Å². The van der Waals surface area contributed by atoms with E-state index in [9.17, 15) is 4.79 Å². The zero-order valence-electron chi connectivity index (χ0n) is 16.8. The van der Waals surface area contributed by atoms with Crippen molar-refractivity contribution in [3.05, 3.63) is 124 Å². The molecule has 0 saturated heterocycles. The van der Waals surface area contributed by atoms with E-state index in [2.05, 4.69) is 34.6 Å². The first-order valence-electron chi connectivity index (χ1n) is 10.2. The van der Waals surface area contributed by atoms with Gasteiger partial charge in [-0.25, -0.2) is 4.98 Å². The summed E-state index contributed by atoms with van der Waals surface area (Å²) in [5, 5.41) is 6.24. The predicted molar refractivity (Wildman–Crippen MR) is 127 cm³/mol. The van der Waals surface area contributed by atoms with Gasteiger partial charge in [-0.1, -0.05) is 91.0 Å². The van der Waals surface area contributed by atoms with E-state index >= 15 is 0 Å². The third-order valence-electron chi connectivity index (χ3n) is 5.32. The molecular weight excluding hydrogens is 402 g/mol. The summed E-state index contributed by atoms with van der Waals surface area (Å²) in [6, 6.07) is 30.6. The van der Waals surface area contributed by atoms with Crippen molar-refractivity contribution in [2.24, 2.45) is 0 Å². The third kappa shape index (κ3) is 4.06. The first-order chi connectivity index (χ1) is 15.3. The summed E-state index contributed by atoms with van der Waals surface area (Å²) < 4.78 is 0. The molecule has 0 fully saturated rings. The van der Waals surface area contributed by atoms with E-state index in [1.807, 2.05) is 72.1 Å². The number of fused-ring (bicyclic) bond motifs is 1. The van der Waals surface area contributed by atoms with Gasteiger partial charge >= 0.3 is 0 Å². The van der Waals surface area contributed by atoms with Crippen molar-refractivity contribution >= 4 is 21.6 Å². The molecule has 5 rings (SSSR count). The molecule has 5 aromatic rings.